The monoisotopic (exact) mass is 385 g/mol. The van der Waals surface area contributed by atoms with Crippen molar-refractivity contribution in [2.24, 2.45) is 0 Å². The highest BCUT2D eigenvalue weighted by Gasteiger charge is 2.31. The fourth-order valence-corrected chi connectivity index (χ4v) is 5.32. The van der Waals surface area contributed by atoms with Gasteiger partial charge in [0.05, 0.1) is 11.5 Å². The summed E-state index contributed by atoms with van der Waals surface area (Å²) in [6.45, 7) is 0.715. The lowest BCUT2D eigenvalue weighted by atomic mass is 10.1. The Bertz CT molecular complexity index is 1050. The number of para-hydroxylation sites is 1. The average molecular weight is 385 g/mol. The highest BCUT2D eigenvalue weighted by molar-refractivity contribution is 7.91. The molecular weight excluding hydrogens is 362 g/mol. The normalized spacial score (nSPS) is 18.6. The molecule has 1 aliphatic heterocycles. The molecule has 1 atom stereocenters. The third kappa shape index (κ3) is 3.90. The summed E-state index contributed by atoms with van der Waals surface area (Å²) >= 11 is 0. The van der Waals surface area contributed by atoms with Gasteiger partial charge in [0.15, 0.2) is 9.84 Å². The van der Waals surface area contributed by atoms with E-state index in [1.54, 1.807) is 6.20 Å². The fraction of sp³-hybridized carbons (Fsp3) is 0.368. The van der Waals surface area contributed by atoms with Gasteiger partial charge in [0, 0.05) is 42.9 Å². The first-order valence-corrected chi connectivity index (χ1v) is 10.9. The number of rotatable bonds is 6. The van der Waals surface area contributed by atoms with E-state index in [9.17, 15) is 8.42 Å². The van der Waals surface area contributed by atoms with Crippen LogP contribution in [-0.2, 0) is 16.3 Å². The molecule has 3 heterocycles. The van der Waals surface area contributed by atoms with E-state index in [0.717, 1.165) is 17.8 Å². The van der Waals surface area contributed by atoms with Crippen molar-refractivity contribution in [3.63, 3.8) is 0 Å². The first-order valence-electron chi connectivity index (χ1n) is 9.07. The molecule has 1 saturated heterocycles. The summed E-state index contributed by atoms with van der Waals surface area (Å²) in [5.41, 5.74) is 2.39. The van der Waals surface area contributed by atoms with Crippen molar-refractivity contribution in [2.75, 3.05) is 35.3 Å². The third-order valence-electron chi connectivity index (χ3n) is 5.11. The molecule has 0 saturated carbocycles. The van der Waals surface area contributed by atoms with E-state index >= 15 is 0 Å². The molecule has 27 heavy (non-hydrogen) atoms. The van der Waals surface area contributed by atoms with Crippen molar-refractivity contribution in [3.05, 3.63) is 48.3 Å². The molecule has 8 heteroatoms. The van der Waals surface area contributed by atoms with Crippen molar-refractivity contribution in [2.45, 2.75) is 18.9 Å². The van der Waals surface area contributed by atoms with E-state index in [4.69, 9.17) is 0 Å². The predicted octanol–water partition coefficient (Wildman–Crippen LogP) is 2.24. The van der Waals surface area contributed by atoms with E-state index in [0.29, 0.717) is 18.9 Å². The second kappa shape index (κ2) is 7.19. The van der Waals surface area contributed by atoms with Gasteiger partial charge < -0.3 is 15.2 Å². The van der Waals surface area contributed by atoms with Crippen molar-refractivity contribution in [1.82, 2.24) is 15.0 Å². The lowest BCUT2D eigenvalue weighted by Crippen LogP contribution is -2.33. The van der Waals surface area contributed by atoms with Crippen LogP contribution < -0.4 is 10.2 Å². The molecule has 1 aromatic carbocycles. The lowest BCUT2D eigenvalue weighted by Gasteiger charge is -2.24. The summed E-state index contributed by atoms with van der Waals surface area (Å²) in [5.74, 6) is 1.74. The minimum absolute atomic E-state index is 0.0241. The van der Waals surface area contributed by atoms with Gasteiger partial charge in [0.25, 0.3) is 0 Å². The minimum atomic E-state index is -2.92. The second-order valence-corrected chi connectivity index (χ2v) is 9.17. The maximum absolute atomic E-state index is 11.7. The summed E-state index contributed by atoms with van der Waals surface area (Å²) in [5, 5.41) is 4.50. The molecule has 0 aliphatic carbocycles. The van der Waals surface area contributed by atoms with Crippen LogP contribution in [0.3, 0.4) is 0 Å². The Labute approximate surface area is 158 Å². The number of benzene rings is 1. The second-order valence-electron chi connectivity index (χ2n) is 6.94. The van der Waals surface area contributed by atoms with Gasteiger partial charge in [-0.05, 0) is 30.5 Å². The molecular formula is C19H23N5O2S. The van der Waals surface area contributed by atoms with Gasteiger partial charge >= 0.3 is 0 Å². The van der Waals surface area contributed by atoms with Crippen LogP contribution in [0, 0.1) is 0 Å². The van der Waals surface area contributed by atoms with Crippen LogP contribution in [0.5, 0.6) is 0 Å². The zero-order chi connectivity index (χ0) is 18.9. The minimum Gasteiger partial charge on any atom is -0.361 e. The number of hydrogen-bond donors (Lipinski definition) is 2. The number of anilines is 2. The van der Waals surface area contributed by atoms with E-state index in [1.807, 2.05) is 36.3 Å². The molecule has 0 spiro atoms. The molecule has 7 nitrogen and oxygen atoms in total. The van der Waals surface area contributed by atoms with E-state index in [2.05, 4.69) is 32.4 Å². The Morgan fingerprint density at radius 3 is 2.96 bits per heavy atom. The summed E-state index contributed by atoms with van der Waals surface area (Å²) < 4.78 is 23.4. The Kier molecular flexibility index (Phi) is 4.73. The topological polar surface area (TPSA) is 91.0 Å². The van der Waals surface area contributed by atoms with Crippen LogP contribution in [0.1, 0.15) is 12.0 Å². The number of sulfone groups is 1. The molecule has 4 rings (SSSR count). The van der Waals surface area contributed by atoms with Crippen LogP contribution in [0.15, 0.2) is 42.7 Å². The number of nitrogens with one attached hydrogen (secondary N) is 2. The molecule has 0 radical (unpaired) electrons. The van der Waals surface area contributed by atoms with Gasteiger partial charge in [-0.15, -0.1) is 0 Å². The van der Waals surface area contributed by atoms with Crippen molar-refractivity contribution in [1.29, 1.82) is 0 Å². The van der Waals surface area contributed by atoms with Gasteiger partial charge in [0.1, 0.15) is 5.82 Å². The molecule has 1 aliphatic rings. The van der Waals surface area contributed by atoms with E-state index in [-0.39, 0.29) is 17.5 Å². The van der Waals surface area contributed by atoms with Gasteiger partial charge in [-0.3, -0.25) is 0 Å². The van der Waals surface area contributed by atoms with Crippen LogP contribution in [0.25, 0.3) is 10.9 Å². The molecule has 142 valence electrons. The molecule has 2 N–H and O–H groups in total. The summed E-state index contributed by atoms with van der Waals surface area (Å²) in [7, 11) is -1.03. The van der Waals surface area contributed by atoms with Crippen molar-refractivity contribution >= 4 is 32.5 Å². The Balaban J connectivity index is 1.39. The zero-order valence-corrected chi connectivity index (χ0v) is 16.0. The molecule has 0 bridgehead atoms. The molecule has 3 aromatic rings. The quantitative estimate of drug-likeness (QED) is 0.676. The fourth-order valence-electron chi connectivity index (χ4n) is 3.55. The predicted molar refractivity (Wildman–Crippen MR) is 108 cm³/mol. The molecule has 1 unspecified atom stereocenters. The van der Waals surface area contributed by atoms with Gasteiger partial charge in [0.2, 0.25) is 5.95 Å². The summed E-state index contributed by atoms with van der Waals surface area (Å²) in [4.78, 5) is 14.1. The van der Waals surface area contributed by atoms with Gasteiger partial charge in [-0.25, -0.2) is 13.4 Å². The van der Waals surface area contributed by atoms with Gasteiger partial charge in [-0.2, -0.15) is 4.98 Å². The Morgan fingerprint density at radius 1 is 1.30 bits per heavy atom. The SMILES string of the molecule is CN(c1ccnc(NCCc2c[nH]c3ccccc23)n1)C1CCS(=O)(=O)C1. The number of hydrogen-bond acceptors (Lipinski definition) is 6. The highest BCUT2D eigenvalue weighted by Crippen LogP contribution is 2.22. The first-order chi connectivity index (χ1) is 13.0. The van der Waals surface area contributed by atoms with Crippen LogP contribution in [0.2, 0.25) is 0 Å². The molecule has 0 amide bonds. The standard InChI is InChI=1S/C19H23N5O2S/c1-24(15-8-11-27(25,26)13-15)18-7-10-21-19(23-18)20-9-6-14-12-22-17-5-3-2-4-16(14)17/h2-5,7,10,12,15,22H,6,8-9,11,13H2,1H3,(H,20,21,23). The number of nitrogens with zero attached hydrogens (tertiary/aromatic N) is 3. The maximum Gasteiger partial charge on any atom is 0.224 e. The van der Waals surface area contributed by atoms with Crippen LogP contribution in [0.4, 0.5) is 11.8 Å². The van der Waals surface area contributed by atoms with E-state index in [1.165, 1.54) is 10.9 Å². The highest BCUT2D eigenvalue weighted by atomic mass is 32.2. The van der Waals surface area contributed by atoms with Crippen molar-refractivity contribution in [3.8, 4) is 0 Å². The van der Waals surface area contributed by atoms with Crippen LogP contribution >= 0.6 is 0 Å². The largest absolute Gasteiger partial charge is 0.361 e. The van der Waals surface area contributed by atoms with Crippen molar-refractivity contribution < 1.29 is 8.42 Å². The van der Waals surface area contributed by atoms with Gasteiger partial charge in [-0.1, -0.05) is 18.2 Å². The number of aromatic amines is 1. The first kappa shape index (κ1) is 17.8. The number of H-pyrrole nitrogens is 1. The smallest absolute Gasteiger partial charge is 0.224 e. The average Bonchev–Trinajstić information content (AvgIpc) is 3.25. The summed E-state index contributed by atoms with van der Waals surface area (Å²) in [6.07, 6.45) is 5.24. The zero-order valence-electron chi connectivity index (χ0n) is 15.2. The summed E-state index contributed by atoms with van der Waals surface area (Å²) in [6, 6.07) is 10.0. The van der Waals surface area contributed by atoms with E-state index < -0.39 is 9.84 Å². The maximum atomic E-state index is 11.7. The third-order valence-corrected chi connectivity index (χ3v) is 6.86. The number of fused-ring (bicyclic) bond motifs is 1. The Morgan fingerprint density at radius 2 is 2.15 bits per heavy atom. The number of aromatic nitrogens is 3. The lowest BCUT2D eigenvalue weighted by molar-refractivity contribution is 0.600. The Hall–Kier alpha value is -2.61. The molecule has 1 fully saturated rings. The molecule has 2 aromatic heterocycles. The van der Waals surface area contributed by atoms with Crippen LogP contribution in [-0.4, -0.2) is 54.5 Å².